The molecular formula is C20H25NO5S. The summed E-state index contributed by atoms with van der Waals surface area (Å²) in [6.07, 6.45) is 0.862. The number of rotatable bonds is 8. The van der Waals surface area contributed by atoms with Crippen LogP contribution in [0.3, 0.4) is 0 Å². The van der Waals surface area contributed by atoms with Crippen LogP contribution in [0.5, 0.6) is 11.5 Å². The molecule has 27 heavy (non-hydrogen) atoms. The fourth-order valence-electron chi connectivity index (χ4n) is 2.56. The second-order valence-electron chi connectivity index (χ2n) is 6.26. The Balaban J connectivity index is 2.11. The van der Waals surface area contributed by atoms with E-state index in [9.17, 15) is 13.2 Å². The van der Waals surface area contributed by atoms with Crippen molar-refractivity contribution in [3.63, 3.8) is 0 Å². The van der Waals surface area contributed by atoms with Crippen molar-refractivity contribution >= 4 is 16.0 Å². The van der Waals surface area contributed by atoms with E-state index in [1.807, 2.05) is 13.8 Å². The zero-order chi connectivity index (χ0) is 20.0. The molecule has 2 rings (SSSR count). The molecule has 2 aromatic carbocycles. The summed E-state index contributed by atoms with van der Waals surface area (Å²) in [4.78, 5) is 13.6. The van der Waals surface area contributed by atoms with Crippen LogP contribution in [0.4, 0.5) is 0 Å². The van der Waals surface area contributed by atoms with Gasteiger partial charge in [0.15, 0.2) is 0 Å². The first-order chi connectivity index (χ1) is 12.8. The largest absolute Gasteiger partial charge is 0.497 e. The van der Waals surface area contributed by atoms with Gasteiger partial charge in [-0.3, -0.25) is 4.79 Å². The van der Waals surface area contributed by atoms with Gasteiger partial charge in [-0.1, -0.05) is 19.1 Å². The summed E-state index contributed by atoms with van der Waals surface area (Å²) in [6.45, 7) is 6.04. The van der Waals surface area contributed by atoms with Crippen LogP contribution in [-0.4, -0.2) is 32.4 Å². The number of benzene rings is 2. The van der Waals surface area contributed by atoms with Crippen molar-refractivity contribution in [1.82, 2.24) is 4.90 Å². The van der Waals surface area contributed by atoms with Crippen LogP contribution < -0.4 is 8.92 Å². The molecule has 6 nitrogen and oxygen atoms in total. The fraction of sp³-hybridized carbons (Fsp3) is 0.350. The van der Waals surface area contributed by atoms with Gasteiger partial charge in [0, 0.05) is 19.5 Å². The predicted molar refractivity (Wildman–Crippen MR) is 103 cm³/mol. The van der Waals surface area contributed by atoms with Gasteiger partial charge in [0.05, 0.1) is 7.11 Å². The molecule has 146 valence electrons. The molecule has 0 spiro atoms. The third-order valence-corrected chi connectivity index (χ3v) is 5.62. The summed E-state index contributed by atoms with van der Waals surface area (Å²) in [6, 6.07) is 12.8. The first-order valence-electron chi connectivity index (χ1n) is 8.71. The molecule has 0 aromatic heterocycles. The number of carbonyl (C=O) groups excluding carboxylic acids is 1. The van der Waals surface area contributed by atoms with E-state index in [4.69, 9.17) is 8.92 Å². The fourth-order valence-corrected chi connectivity index (χ4v) is 3.49. The Morgan fingerprint density at radius 1 is 1.04 bits per heavy atom. The van der Waals surface area contributed by atoms with Gasteiger partial charge in [-0.25, -0.2) is 0 Å². The second-order valence-corrected chi connectivity index (χ2v) is 7.81. The summed E-state index contributed by atoms with van der Waals surface area (Å²) in [7, 11) is -2.42. The van der Waals surface area contributed by atoms with Gasteiger partial charge >= 0.3 is 10.1 Å². The van der Waals surface area contributed by atoms with Crippen molar-refractivity contribution < 1.29 is 22.1 Å². The van der Waals surface area contributed by atoms with Gasteiger partial charge in [0.25, 0.3) is 0 Å². The number of amides is 1. The third-order valence-electron chi connectivity index (χ3n) is 4.36. The van der Waals surface area contributed by atoms with Crippen molar-refractivity contribution in [2.75, 3.05) is 7.11 Å². The maximum atomic E-state index is 12.4. The van der Waals surface area contributed by atoms with E-state index in [-0.39, 0.29) is 22.6 Å². The van der Waals surface area contributed by atoms with Crippen LogP contribution in [0.1, 0.15) is 32.8 Å². The average molecular weight is 391 g/mol. The van der Waals surface area contributed by atoms with Crippen molar-refractivity contribution in [3.8, 4) is 11.5 Å². The summed E-state index contributed by atoms with van der Waals surface area (Å²) < 4.78 is 34.9. The van der Waals surface area contributed by atoms with Crippen LogP contribution in [0, 0.1) is 0 Å². The Labute approximate surface area is 160 Å². The van der Waals surface area contributed by atoms with Gasteiger partial charge in [-0.15, -0.1) is 0 Å². The summed E-state index contributed by atoms with van der Waals surface area (Å²) in [5.74, 6) is 0.786. The van der Waals surface area contributed by atoms with Crippen molar-refractivity contribution in [3.05, 3.63) is 54.1 Å². The Morgan fingerprint density at radius 3 is 2.07 bits per heavy atom. The van der Waals surface area contributed by atoms with Gasteiger partial charge < -0.3 is 13.8 Å². The van der Waals surface area contributed by atoms with Gasteiger partial charge in [-0.05, 0) is 55.3 Å². The van der Waals surface area contributed by atoms with Gasteiger partial charge in [0.1, 0.15) is 16.4 Å². The Morgan fingerprint density at radius 2 is 1.59 bits per heavy atom. The standard InChI is InChI=1S/C20H25NO5S/c1-5-15(2)21(16(3)22)14-17-6-8-19(9-7-17)26-27(23,24)20-12-10-18(25-4)11-13-20/h6-13,15H,5,14H2,1-4H3. The van der Waals surface area contributed by atoms with Gasteiger partial charge in [-0.2, -0.15) is 8.42 Å². The van der Waals surface area contributed by atoms with E-state index in [0.717, 1.165) is 12.0 Å². The smallest absolute Gasteiger partial charge is 0.339 e. The van der Waals surface area contributed by atoms with Crippen LogP contribution in [-0.2, 0) is 21.5 Å². The van der Waals surface area contributed by atoms with Crippen molar-refractivity contribution in [2.24, 2.45) is 0 Å². The number of hydrogen-bond donors (Lipinski definition) is 0. The lowest BCUT2D eigenvalue weighted by Gasteiger charge is -2.27. The number of hydrogen-bond acceptors (Lipinski definition) is 5. The lowest BCUT2D eigenvalue weighted by atomic mass is 10.1. The second kappa shape index (κ2) is 8.90. The summed E-state index contributed by atoms with van der Waals surface area (Å²) in [5, 5.41) is 0. The molecule has 7 heteroatoms. The van der Waals surface area contributed by atoms with Crippen LogP contribution in [0.15, 0.2) is 53.4 Å². The van der Waals surface area contributed by atoms with Crippen molar-refractivity contribution in [1.29, 1.82) is 0 Å². The quantitative estimate of drug-likeness (QED) is 0.643. The van der Waals surface area contributed by atoms with Crippen LogP contribution in [0.25, 0.3) is 0 Å². The highest BCUT2D eigenvalue weighted by atomic mass is 32.2. The number of nitrogens with zero attached hydrogens (tertiary/aromatic N) is 1. The Hall–Kier alpha value is -2.54. The molecule has 0 bridgehead atoms. The minimum Gasteiger partial charge on any atom is -0.497 e. The maximum Gasteiger partial charge on any atom is 0.339 e. The van der Waals surface area contributed by atoms with E-state index in [1.165, 1.54) is 19.2 Å². The minimum atomic E-state index is -3.93. The molecule has 1 amide bonds. The molecule has 0 aliphatic carbocycles. The monoisotopic (exact) mass is 391 g/mol. The molecule has 0 aliphatic heterocycles. The average Bonchev–Trinajstić information content (AvgIpc) is 2.66. The first kappa shape index (κ1) is 20.8. The minimum absolute atomic E-state index is 0.00626. The van der Waals surface area contributed by atoms with Crippen molar-refractivity contribution in [2.45, 2.75) is 44.7 Å². The number of methoxy groups -OCH3 is 1. The molecule has 1 unspecified atom stereocenters. The first-order valence-corrected chi connectivity index (χ1v) is 10.1. The zero-order valence-electron chi connectivity index (χ0n) is 16.0. The van der Waals surface area contributed by atoms with Crippen LogP contribution >= 0.6 is 0 Å². The Kier molecular flexibility index (Phi) is 6.85. The predicted octanol–water partition coefficient (Wildman–Crippen LogP) is 3.61. The molecule has 0 fully saturated rings. The third kappa shape index (κ3) is 5.47. The molecule has 0 saturated heterocycles. The lowest BCUT2D eigenvalue weighted by Crippen LogP contribution is -2.36. The van der Waals surface area contributed by atoms with E-state index in [0.29, 0.717) is 12.3 Å². The number of ether oxygens (including phenoxy) is 1. The topological polar surface area (TPSA) is 72.9 Å². The van der Waals surface area contributed by atoms with E-state index < -0.39 is 10.1 Å². The normalized spacial score (nSPS) is 12.3. The molecule has 0 aliphatic rings. The summed E-state index contributed by atoms with van der Waals surface area (Å²) in [5.41, 5.74) is 0.902. The molecule has 0 heterocycles. The maximum absolute atomic E-state index is 12.4. The SMILES string of the molecule is CCC(C)N(Cc1ccc(OS(=O)(=O)c2ccc(OC)cc2)cc1)C(C)=O. The lowest BCUT2D eigenvalue weighted by molar-refractivity contribution is -0.131. The zero-order valence-corrected chi connectivity index (χ0v) is 16.8. The molecule has 1 atom stereocenters. The molecule has 0 N–H and O–H groups in total. The highest BCUT2D eigenvalue weighted by Crippen LogP contribution is 2.22. The van der Waals surface area contributed by atoms with Crippen LogP contribution in [0.2, 0.25) is 0 Å². The molecule has 2 aromatic rings. The molecular weight excluding hydrogens is 366 g/mol. The molecule has 0 saturated carbocycles. The Bertz CT molecular complexity index is 860. The van der Waals surface area contributed by atoms with E-state index >= 15 is 0 Å². The molecule has 0 radical (unpaired) electrons. The summed E-state index contributed by atoms with van der Waals surface area (Å²) >= 11 is 0. The highest BCUT2D eigenvalue weighted by molar-refractivity contribution is 7.87. The highest BCUT2D eigenvalue weighted by Gasteiger charge is 2.18. The van der Waals surface area contributed by atoms with E-state index in [1.54, 1.807) is 48.2 Å². The van der Waals surface area contributed by atoms with Gasteiger partial charge in [0.2, 0.25) is 5.91 Å². The number of carbonyl (C=O) groups is 1. The van der Waals surface area contributed by atoms with E-state index in [2.05, 4.69) is 0 Å².